The van der Waals surface area contributed by atoms with E-state index in [0.717, 1.165) is 23.0 Å². The smallest absolute Gasteiger partial charge is 0.333 e. The number of halogens is 1. The molecule has 1 aliphatic heterocycles. The Morgan fingerprint density at radius 3 is 2.95 bits per heavy atom. The average Bonchev–Trinajstić information content (AvgIpc) is 2.38. The Morgan fingerprint density at radius 2 is 2.25 bits per heavy atom. The van der Waals surface area contributed by atoms with Crippen molar-refractivity contribution in [3.05, 3.63) is 33.3 Å². The molecule has 0 saturated carbocycles. The predicted molar refractivity (Wildman–Crippen MR) is 86.0 cm³/mol. The van der Waals surface area contributed by atoms with Crippen molar-refractivity contribution in [3.8, 4) is 0 Å². The van der Waals surface area contributed by atoms with Gasteiger partial charge in [-0.2, -0.15) is 0 Å². The van der Waals surface area contributed by atoms with E-state index < -0.39 is 0 Å². The first-order chi connectivity index (χ1) is 9.52. The van der Waals surface area contributed by atoms with Crippen LogP contribution in [0.15, 0.2) is 22.2 Å². The fourth-order valence-corrected chi connectivity index (χ4v) is 3.12. The van der Waals surface area contributed by atoms with Crippen molar-refractivity contribution in [3.63, 3.8) is 0 Å². The molecule has 1 aliphatic rings. The highest BCUT2D eigenvalue weighted by atomic mass is 79.9. The first-order valence-electron chi connectivity index (χ1n) is 6.92. The van der Waals surface area contributed by atoms with Crippen molar-refractivity contribution in [1.82, 2.24) is 0 Å². The second kappa shape index (κ2) is 6.44. The number of hydrogen-bond acceptors (Lipinski definition) is 3. The van der Waals surface area contributed by atoms with Crippen LogP contribution in [0, 0.1) is 0 Å². The molecule has 2 rings (SSSR count). The number of aryl methyl sites for hydroxylation is 1. The van der Waals surface area contributed by atoms with Crippen molar-refractivity contribution >= 4 is 33.7 Å². The van der Waals surface area contributed by atoms with Gasteiger partial charge in [-0.25, -0.2) is 4.79 Å². The molecule has 0 fully saturated rings. The zero-order chi connectivity index (χ0) is 14.7. The van der Waals surface area contributed by atoms with E-state index in [1.54, 1.807) is 6.92 Å². The van der Waals surface area contributed by atoms with Gasteiger partial charge >= 0.3 is 5.97 Å². The van der Waals surface area contributed by atoms with E-state index in [1.165, 1.54) is 17.7 Å². The molecule has 0 amide bonds. The number of ether oxygens (including phenoxy) is 1. The Kier molecular flexibility index (Phi) is 4.86. The lowest BCUT2D eigenvalue weighted by Gasteiger charge is -2.29. The maximum Gasteiger partial charge on any atom is 0.333 e. The van der Waals surface area contributed by atoms with E-state index in [-0.39, 0.29) is 5.97 Å². The summed E-state index contributed by atoms with van der Waals surface area (Å²) in [5.41, 5.74) is 4.26. The van der Waals surface area contributed by atoms with Gasteiger partial charge in [0.2, 0.25) is 0 Å². The maximum atomic E-state index is 11.8. The topological polar surface area (TPSA) is 29.5 Å². The van der Waals surface area contributed by atoms with E-state index in [4.69, 9.17) is 4.74 Å². The monoisotopic (exact) mass is 337 g/mol. The van der Waals surface area contributed by atoms with Crippen LogP contribution in [0.3, 0.4) is 0 Å². The second-order valence-corrected chi connectivity index (χ2v) is 5.99. The molecule has 20 heavy (non-hydrogen) atoms. The molecule has 3 nitrogen and oxygen atoms in total. The first-order valence-corrected chi connectivity index (χ1v) is 7.71. The molecule has 1 aromatic rings. The fourth-order valence-electron chi connectivity index (χ4n) is 2.60. The van der Waals surface area contributed by atoms with E-state index >= 15 is 0 Å². The lowest BCUT2D eigenvalue weighted by molar-refractivity contribution is -0.138. The van der Waals surface area contributed by atoms with Gasteiger partial charge in [0.15, 0.2) is 0 Å². The van der Waals surface area contributed by atoms with Crippen LogP contribution in [0.2, 0.25) is 0 Å². The molecular weight excluding hydrogens is 318 g/mol. The number of nitrogens with zero attached hydrogens (tertiary/aromatic N) is 1. The number of carbonyl (C=O) groups excluding carboxylic acids is 1. The van der Waals surface area contributed by atoms with Crippen LogP contribution in [-0.2, 0) is 16.0 Å². The Morgan fingerprint density at radius 1 is 1.50 bits per heavy atom. The minimum absolute atomic E-state index is 0.250. The van der Waals surface area contributed by atoms with Gasteiger partial charge in [-0.3, -0.25) is 0 Å². The molecule has 0 bridgehead atoms. The molecule has 0 N–H and O–H groups in total. The van der Waals surface area contributed by atoms with Crippen LogP contribution in [0.1, 0.15) is 31.4 Å². The number of carbonyl (C=O) groups is 1. The van der Waals surface area contributed by atoms with Gasteiger partial charge < -0.3 is 9.64 Å². The maximum absolute atomic E-state index is 11.8. The fraction of sp³-hybridized carbons (Fsp3) is 0.438. The van der Waals surface area contributed by atoms with Crippen LogP contribution < -0.4 is 4.90 Å². The van der Waals surface area contributed by atoms with Crippen LogP contribution >= 0.6 is 15.9 Å². The third kappa shape index (κ3) is 3.23. The number of fused-ring (bicyclic) bond motifs is 1. The van der Waals surface area contributed by atoms with Gasteiger partial charge in [-0.05, 0) is 56.0 Å². The number of anilines is 1. The number of esters is 1. The largest absolute Gasteiger partial charge is 0.463 e. The summed E-state index contributed by atoms with van der Waals surface area (Å²) < 4.78 is 6.09. The van der Waals surface area contributed by atoms with Crippen LogP contribution in [-0.4, -0.2) is 26.2 Å². The average molecular weight is 338 g/mol. The Hall–Kier alpha value is -1.29. The molecule has 4 heteroatoms. The summed E-state index contributed by atoms with van der Waals surface area (Å²) in [6.45, 7) is 5.07. The van der Waals surface area contributed by atoms with Crippen molar-refractivity contribution in [2.24, 2.45) is 0 Å². The quantitative estimate of drug-likeness (QED) is 0.620. The van der Waals surface area contributed by atoms with Crippen molar-refractivity contribution < 1.29 is 9.53 Å². The summed E-state index contributed by atoms with van der Waals surface area (Å²) in [6.07, 6.45) is 4.17. The normalized spacial score (nSPS) is 15.0. The summed E-state index contributed by atoms with van der Waals surface area (Å²) in [7, 11) is 2.10. The molecular formula is C16H20BrNO2. The van der Waals surface area contributed by atoms with Crippen molar-refractivity contribution in [1.29, 1.82) is 0 Å². The third-order valence-electron chi connectivity index (χ3n) is 3.47. The van der Waals surface area contributed by atoms with Crippen LogP contribution in [0.5, 0.6) is 0 Å². The molecule has 0 spiro atoms. The molecule has 0 saturated heterocycles. The van der Waals surface area contributed by atoms with Crippen molar-refractivity contribution in [2.45, 2.75) is 26.7 Å². The lowest BCUT2D eigenvalue weighted by Crippen LogP contribution is -2.25. The second-order valence-electron chi connectivity index (χ2n) is 5.08. The van der Waals surface area contributed by atoms with Crippen LogP contribution in [0.25, 0.3) is 6.08 Å². The van der Waals surface area contributed by atoms with E-state index in [1.807, 2.05) is 13.0 Å². The summed E-state index contributed by atoms with van der Waals surface area (Å²) in [5, 5.41) is 0. The minimum atomic E-state index is -0.250. The standard InChI is InChI=1S/C16H20BrNO2/c1-4-20-16(19)11(2)8-13-10-14(17)9-12-6-5-7-18(3)15(12)13/h8-10H,4-7H2,1-3H3/b11-8+. The molecule has 0 radical (unpaired) electrons. The zero-order valence-corrected chi connectivity index (χ0v) is 13.8. The highest BCUT2D eigenvalue weighted by Gasteiger charge is 2.18. The van der Waals surface area contributed by atoms with Gasteiger partial charge in [-0.15, -0.1) is 0 Å². The lowest BCUT2D eigenvalue weighted by atomic mass is 9.97. The minimum Gasteiger partial charge on any atom is -0.463 e. The molecule has 1 heterocycles. The SMILES string of the molecule is CCOC(=O)/C(C)=C/c1cc(Br)cc2c1N(C)CCC2. The summed E-state index contributed by atoms with van der Waals surface area (Å²) in [6, 6.07) is 4.23. The molecule has 0 aromatic heterocycles. The predicted octanol–water partition coefficient (Wildman–Crippen LogP) is 3.80. The Bertz CT molecular complexity index is 552. The Balaban J connectivity index is 2.43. The molecule has 0 unspecified atom stereocenters. The molecule has 0 atom stereocenters. The van der Waals surface area contributed by atoms with Crippen LogP contribution in [0.4, 0.5) is 5.69 Å². The van der Waals surface area contributed by atoms with Gasteiger partial charge in [0.05, 0.1) is 6.61 Å². The van der Waals surface area contributed by atoms with E-state index in [9.17, 15) is 4.79 Å². The molecule has 0 aliphatic carbocycles. The molecule has 1 aromatic carbocycles. The molecule has 108 valence electrons. The highest BCUT2D eigenvalue weighted by molar-refractivity contribution is 9.10. The van der Waals surface area contributed by atoms with Gasteiger partial charge in [0.25, 0.3) is 0 Å². The summed E-state index contributed by atoms with van der Waals surface area (Å²) >= 11 is 3.55. The number of benzene rings is 1. The van der Waals surface area contributed by atoms with Gasteiger partial charge in [-0.1, -0.05) is 15.9 Å². The summed E-state index contributed by atoms with van der Waals surface area (Å²) in [5.74, 6) is -0.250. The summed E-state index contributed by atoms with van der Waals surface area (Å²) in [4.78, 5) is 14.0. The number of hydrogen-bond donors (Lipinski definition) is 0. The van der Waals surface area contributed by atoms with Gasteiger partial charge in [0.1, 0.15) is 0 Å². The van der Waals surface area contributed by atoms with Gasteiger partial charge in [0, 0.05) is 29.3 Å². The first kappa shape index (κ1) is 15.1. The van der Waals surface area contributed by atoms with E-state index in [2.05, 4.69) is 40.0 Å². The number of rotatable bonds is 3. The zero-order valence-electron chi connectivity index (χ0n) is 12.2. The van der Waals surface area contributed by atoms with E-state index in [0.29, 0.717) is 12.2 Å². The third-order valence-corrected chi connectivity index (χ3v) is 3.93. The Labute approximate surface area is 128 Å². The highest BCUT2D eigenvalue weighted by Crippen LogP contribution is 2.34. The van der Waals surface area contributed by atoms with Crippen molar-refractivity contribution in [2.75, 3.05) is 25.1 Å².